The molecule has 0 radical (unpaired) electrons. The normalized spacial score (nSPS) is 10.0. The minimum atomic E-state index is -0.336. The van der Waals surface area contributed by atoms with E-state index in [1.54, 1.807) is 12.1 Å². The summed E-state index contributed by atoms with van der Waals surface area (Å²) in [4.78, 5) is 0. The Bertz CT molecular complexity index is 471. The molecule has 2 aromatic carbocycles. The Balaban J connectivity index is 2.14. The fraction of sp³-hybridized carbons (Fsp3) is 0. The second-order valence-corrected chi connectivity index (χ2v) is 6.64. The summed E-state index contributed by atoms with van der Waals surface area (Å²) in [5.41, 5.74) is 1.15. The van der Waals surface area contributed by atoms with E-state index in [1.807, 2.05) is 18.2 Å². The van der Waals surface area contributed by atoms with Gasteiger partial charge < -0.3 is 0 Å². The zero-order chi connectivity index (χ0) is 11.4. The Morgan fingerprint density at radius 2 is 1.38 bits per heavy atom. The predicted octanol–water partition coefficient (Wildman–Crippen LogP) is 1.69. The molecule has 1 nitrogen and oxygen atoms in total. The average molecular weight is 324 g/mol. The average Bonchev–Trinajstić information content (AvgIpc) is 2.33. The third-order valence-corrected chi connectivity index (χ3v) is 5.09. The first kappa shape index (κ1) is 11.3. The van der Waals surface area contributed by atoms with Crippen molar-refractivity contribution in [1.82, 2.24) is 0 Å². The molecule has 0 saturated carbocycles. The molecule has 0 spiro atoms. The Hall–Kier alpha value is -1.23. The monoisotopic (exact) mass is 326 g/mol. The SMILES string of the molecule is C=Cc1ccc([Te]c2ccc(O)cc2)cc1. The number of rotatable bonds is 3. The van der Waals surface area contributed by atoms with Crippen LogP contribution in [0.15, 0.2) is 55.1 Å². The summed E-state index contributed by atoms with van der Waals surface area (Å²) in [7, 11) is 0. The van der Waals surface area contributed by atoms with Gasteiger partial charge in [0.25, 0.3) is 0 Å². The van der Waals surface area contributed by atoms with Crippen molar-refractivity contribution in [2.75, 3.05) is 0 Å². The zero-order valence-electron chi connectivity index (χ0n) is 8.76. The van der Waals surface area contributed by atoms with Crippen LogP contribution >= 0.6 is 0 Å². The van der Waals surface area contributed by atoms with E-state index in [4.69, 9.17) is 0 Å². The molecule has 0 bridgehead atoms. The Morgan fingerprint density at radius 3 is 1.88 bits per heavy atom. The molecular weight excluding hydrogens is 312 g/mol. The molecular formula is C14H12OTe. The molecule has 0 saturated heterocycles. The number of aromatic hydroxyl groups is 1. The van der Waals surface area contributed by atoms with Gasteiger partial charge in [0.05, 0.1) is 0 Å². The molecule has 0 amide bonds. The summed E-state index contributed by atoms with van der Waals surface area (Å²) < 4.78 is 2.72. The molecule has 0 aliphatic carbocycles. The summed E-state index contributed by atoms with van der Waals surface area (Å²) >= 11 is -0.336. The van der Waals surface area contributed by atoms with E-state index >= 15 is 0 Å². The van der Waals surface area contributed by atoms with Gasteiger partial charge in [-0.1, -0.05) is 0 Å². The van der Waals surface area contributed by atoms with Gasteiger partial charge in [0.15, 0.2) is 0 Å². The third-order valence-electron chi connectivity index (χ3n) is 2.19. The van der Waals surface area contributed by atoms with Crippen molar-refractivity contribution in [2.24, 2.45) is 0 Å². The quantitative estimate of drug-likeness (QED) is 0.852. The molecule has 0 aromatic heterocycles. The van der Waals surface area contributed by atoms with Gasteiger partial charge in [0.2, 0.25) is 0 Å². The van der Waals surface area contributed by atoms with Crippen LogP contribution in [0.25, 0.3) is 6.08 Å². The fourth-order valence-corrected chi connectivity index (χ4v) is 3.65. The van der Waals surface area contributed by atoms with Crippen LogP contribution in [0.1, 0.15) is 5.56 Å². The first-order valence-electron chi connectivity index (χ1n) is 4.97. The van der Waals surface area contributed by atoms with Crippen molar-refractivity contribution in [3.8, 4) is 5.75 Å². The van der Waals surface area contributed by atoms with E-state index < -0.39 is 0 Å². The van der Waals surface area contributed by atoms with Gasteiger partial charge >= 0.3 is 106 Å². The number of benzene rings is 2. The summed E-state index contributed by atoms with van der Waals surface area (Å²) in [6.07, 6.45) is 1.85. The van der Waals surface area contributed by atoms with Gasteiger partial charge in [-0.05, 0) is 0 Å². The molecule has 0 fully saturated rings. The van der Waals surface area contributed by atoms with Crippen molar-refractivity contribution >= 4 is 34.2 Å². The molecule has 0 aliphatic heterocycles. The predicted molar refractivity (Wildman–Crippen MR) is 69.7 cm³/mol. The van der Waals surface area contributed by atoms with Crippen LogP contribution in [-0.2, 0) is 0 Å². The van der Waals surface area contributed by atoms with Crippen LogP contribution in [-0.4, -0.2) is 26.0 Å². The van der Waals surface area contributed by atoms with E-state index in [0.717, 1.165) is 5.56 Å². The van der Waals surface area contributed by atoms with E-state index in [9.17, 15) is 5.11 Å². The topological polar surface area (TPSA) is 20.2 Å². The van der Waals surface area contributed by atoms with Crippen molar-refractivity contribution in [3.05, 3.63) is 60.7 Å². The van der Waals surface area contributed by atoms with Crippen molar-refractivity contribution < 1.29 is 5.11 Å². The first-order valence-corrected chi connectivity index (χ1v) is 7.30. The Kier molecular flexibility index (Phi) is 3.66. The van der Waals surface area contributed by atoms with Crippen LogP contribution in [0.4, 0.5) is 0 Å². The van der Waals surface area contributed by atoms with Gasteiger partial charge in [-0.3, -0.25) is 0 Å². The number of hydrogen-bond acceptors (Lipinski definition) is 1. The maximum atomic E-state index is 9.19. The van der Waals surface area contributed by atoms with Crippen LogP contribution in [0.2, 0.25) is 0 Å². The molecule has 0 aliphatic rings. The van der Waals surface area contributed by atoms with E-state index in [-0.39, 0.29) is 20.9 Å². The van der Waals surface area contributed by atoms with Crippen LogP contribution in [0.5, 0.6) is 5.75 Å². The van der Waals surface area contributed by atoms with Crippen LogP contribution in [0.3, 0.4) is 0 Å². The van der Waals surface area contributed by atoms with Crippen LogP contribution < -0.4 is 7.22 Å². The van der Waals surface area contributed by atoms with Crippen LogP contribution in [0, 0.1) is 0 Å². The van der Waals surface area contributed by atoms with E-state index in [1.165, 1.54) is 7.22 Å². The van der Waals surface area contributed by atoms with Gasteiger partial charge in [0.1, 0.15) is 0 Å². The Labute approximate surface area is 106 Å². The number of phenols is 1. The zero-order valence-corrected chi connectivity index (χ0v) is 11.1. The van der Waals surface area contributed by atoms with Crippen molar-refractivity contribution in [1.29, 1.82) is 0 Å². The molecule has 2 aromatic rings. The standard InChI is InChI=1S/C14H12OTe/c1-2-11-3-7-13(8-4-11)16-14-9-5-12(15)6-10-14/h2-10,15H,1H2. The van der Waals surface area contributed by atoms with Gasteiger partial charge in [-0.25, -0.2) is 0 Å². The molecule has 16 heavy (non-hydrogen) atoms. The number of phenolic OH excluding ortho intramolecular Hbond substituents is 1. The van der Waals surface area contributed by atoms with E-state index in [0.29, 0.717) is 5.75 Å². The molecule has 2 heteroatoms. The first-order chi connectivity index (χ1) is 7.78. The van der Waals surface area contributed by atoms with E-state index in [2.05, 4.69) is 30.8 Å². The van der Waals surface area contributed by atoms with Crippen molar-refractivity contribution in [3.63, 3.8) is 0 Å². The summed E-state index contributed by atoms with van der Waals surface area (Å²) in [5.74, 6) is 0.332. The fourth-order valence-electron chi connectivity index (χ4n) is 1.32. The second kappa shape index (κ2) is 5.20. The third kappa shape index (κ3) is 2.88. The summed E-state index contributed by atoms with van der Waals surface area (Å²) in [6, 6.07) is 16.0. The second-order valence-electron chi connectivity index (χ2n) is 3.37. The molecule has 0 heterocycles. The van der Waals surface area contributed by atoms with Gasteiger partial charge in [-0.2, -0.15) is 0 Å². The number of hydrogen-bond donors (Lipinski definition) is 1. The molecule has 0 unspecified atom stereocenters. The molecule has 1 N–H and O–H groups in total. The summed E-state index contributed by atoms with van der Waals surface area (Å²) in [6.45, 7) is 3.74. The minimum absolute atomic E-state index is 0.332. The summed E-state index contributed by atoms with van der Waals surface area (Å²) in [5, 5.41) is 9.19. The van der Waals surface area contributed by atoms with Gasteiger partial charge in [0, 0.05) is 0 Å². The molecule has 80 valence electrons. The Morgan fingerprint density at radius 1 is 0.875 bits per heavy atom. The van der Waals surface area contributed by atoms with Gasteiger partial charge in [-0.15, -0.1) is 0 Å². The van der Waals surface area contributed by atoms with Crippen molar-refractivity contribution in [2.45, 2.75) is 0 Å². The maximum absolute atomic E-state index is 9.19. The molecule has 2 rings (SSSR count). The molecule has 0 atom stereocenters.